The highest BCUT2D eigenvalue weighted by molar-refractivity contribution is 5.71. The van der Waals surface area contributed by atoms with E-state index in [1.54, 1.807) is 0 Å². The van der Waals surface area contributed by atoms with Crippen molar-refractivity contribution in [2.75, 3.05) is 20.3 Å². The Morgan fingerprint density at radius 1 is 1.40 bits per heavy atom. The molecular formula is C16H25NO3. The Bertz CT molecular complexity index is 432. The Morgan fingerprint density at radius 3 is 2.80 bits per heavy atom. The normalized spacial score (nSPS) is 12.0. The van der Waals surface area contributed by atoms with Crippen molar-refractivity contribution in [1.29, 1.82) is 0 Å². The first-order valence-corrected chi connectivity index (χ1v) is 7.14. The number of nitrogens with one attached hydrogen (secondary N) is 1. The molecule has 0 spiro atoms. The number of rotatable bonds is 8. The molecule has 0 saturated carbocycles. The fourth-order valence-electron chi connectivity index (χ4n) is 1.79. The van der Waals surface area contributed by atoms with Gasteiger partial charge in [0.1, 0.15) is 5.75 Å². The summed E-state index contributed by atoms with van der Waals surface area (Å²) < 4.78 is 10.7. The summed E-state index contributed by atoms with van der Waals surface area (Å²) in [5.74, 6) is 0.419. The van der Waals surface area contributed by atoms with Crippen LogP contribution in [0.1, 0.15) is 43.9 Å². The van der Waals surface area contributed by atoms with Gasteiger partial charge in [0.2, 0.25) is 0 Å². The maximum absolute atomic E-state index is 11.6. The Kier molecular flexibility index (Phi) is 7.09. The molecule has 1 atom stereocenters. The lowest BCUT2D eigenvalue weighted by Crippen LogP contribution is -2.18. The predicted octanol–water partition coefficient (Wildman–Crippen LogP) is 3.00. The van der Waals surface area contributed by atoms with Crippen LogP contribution >= 0.6 is 0 Å². The number of esters is 1. The van der Waals surface area contributed by atoms with Crippen LogP contribution < -0.4 is 10.1 Å². The summed E-state index contributed by atoms with van der Waals surface area (Å²) in [6.07, 6.45) is 1.90. The standard InChI is InChI=1S/C16H25NO3/c1-5-6-9-19-16(18)11-20-15-10-12(2)7-8-14(15)13(3)17-4/h7-8,10,13,17H,5-6,9,11H2,1-4H3. The highest BCUT2D eigenvalue weighted by Gasteiger charge is 2.12. The average molecular weight is 279 g/mol. The summed E-state index contributed by atoms with van der Waals surface area (Å²) in [5, 5.41) is 3.17. The van der Waals surface area contributed by atoms with Crippen LogP contribution in [-0.2, 0) is 9.53 Å². The fourth-order valence-corrected chi connectivity index (χ4v) is 1.79. The van der Waals surface area contributed by atoms with Gasteiger partial charge in [-0.3, -0.25) is 0 Å². The third-order valence-corrected chi connectivity index (χ3v) is 3.18. The highest BCUT2D eigenvalue weighted by Crippen LogP contribution is 2.26. The van der Waals surface area contributed by atoms with Gasteiger partial charge in [-0.05, 0) is 38.9 Å². The van der Waals surface area contributed by atoms with E-state index in [1.807, 2.05) is 32.2 Å². The van der Waals surface area contributed by atoms with Gasteiger partial charge in [-0.25, -0.2) is 4.79 Å². The molecule has 0 aliphatic heterocycles. The molecule has 0 bridgehead atoms. The van der Waals surface area contributed by atoms with Crippen molar-refractivity contribution in [2.24, 2.45) is 0 Å². The summed E-state index contributed by atoms with van der Waals surface area (Å²) in [5.41, 5.74) is 2.14. The maximum atomic E-state index is 11.6. The third kappa shape index (κ3) is 5.21. The van der Waals surface area contributed by atoms with Gasteiger partial charge < -0.3 is 14.8 Å². The number of hydrogen-bond donors (Lipinski definition) is 1. The fraction of sp³-hybridized carbons (Fsp3) is 0.562. The zero-order valence-corrected chi connectivity index (χ0v) is 12.9. The molecule has 0 aromatic heterocycles. The van der Waals surface area contributed by atoms with Crippen LogP contribution in [0.15, 0.2) is 18.2 Å². The molecule has 0 heterocycles. The molecule has 1 N–H and O–H groups in total. The molecular weight excluding hydrogens is 254 g/mol. The van der Waals surface area contributed by atoms with E-state index in [-0.39, 0.29) is 18.6 Å². The summed E-state index contributed by atoms with van der Waals surface area (Å²) in [6.45, 7) is 6.53. The molecule has 0 aliphatic rings. The average Bonchev–Trinajstić information content (AvgIpc) is 2.44. The lowest BCUT2D eigenvalue weighted by Gasteiger charge is -2.17. The Morgan fingerprint density at radius 2 is 2.15 bits per heavy atom. The van der Waals surface area contributed by atoms with E-state index in [1.165, 1.54) is 0 Å². The number of aryl methyl sites for hydroxylation is 1. The van der Waals surface area contributed by atoms with Crippen LogP contribution in [0.3, 0.4) is 0 Å². The second-order valence-corrected chi connectivity index (χ2v) is 4.91. The van der Waals surface area contributed by atoms with Crippen molar-refractivity contribution in [3.8, 4) is 5.75 Å². The van der Waals surface area contributed by atoms with Crippen LogP contribution in [0, 0.1) is 6.92 Å². The molecule has 0 aliphatic carbocycles. The van der Waals surface area contributed by atoms with E-state index in [9.17, 15) is 4.79 Å². The molecule has 4 heteroatoms. The number of carbonyl (C=O) groups is 1. The topological polar surface area (TPSA) is 47.6 Å². The molecule has 0 saturated heterocycles. The van der Waals surface area contributed by atoms with Gasteiger partial charge in [0, 0.05) is 11.6 Å². The SMILES string of the molecule is CCCCOC(=O)COc1cc(C)ccc1C(C)NC. The molecule has 0 amide bonds. The zero-order chi connectivity index (χ0) is 15.0. The van der Waals surface area contributed by atoms with E-state index in [4.69, 9.17) is 9.47 Å². The van der Waals surface area contributed by atoms with Crippen molar-refractivity contribution in [3.63, 3.8) is 0 Å². The molecule has 112 valence electrons. The lowest BCUT2D eigenvalue weighted by atomic mass is 10.1. The quantitative estimate of drug-likeness (QED) is 0.587. The smallest absolute Gasteiger partial charge is 0.344 e. The number of carbonyl (C=O) groups excluding carboxylic acids is 1. The van der Waals surface area contributed by atoms with Crippen molar-refractivity contribution in [1.82, 2.24) is 5.32 Å². The molecule has 0 radical (unpaired) electrons. The molecule has 1 aromatic rings. The first-order valence-electron chi connectivity index (χ1n) is 7.14. The van der Waals surface area contributed by atoms with E-state index in [0.29, 0.717) is 6.61 Å². The summed E-state index contributed by atoms with van der Waals surface area (Å²) in [7, 11) is 1.90. The van der Waals surface area contributed by atoms with Crippen LogP contribution in [0.4, 0.5) is 0 Å². The van der Waals surface area contributed by atoms with Gasteiger partial charge in [-0.2, -0.15) is 0 Å². The zero-order valence-electron chi connectivity index (χ0n) is 12.9. The maximum Gasteiger partial charge on any atom is 0.344 e. The minimum Gasteiger partial charge on any atom is -0.482 e. The van der Waals surface area contributed by atoms with Crippen LogP contribution in [-0.4, -0.2) is 26.2 Å². The van der Waals surface area contributed by atoms with Crippen molar-refractivity contribution >= 4 is 5.97 Å². The second-order valence-electron chi connectivity index (χ2n) is 4.91. The van der Waals surface area contributed by atoms with Crippen molar-refractivity contribution in [2.45, 2.75) is 39.7 Å². The minimum absolute atomic E-state index is 0.0450. The molecule has 4 nitrogen and oxygen atoms in total. The molecule has 0 fully saturated rings. The molecule has 1 aromatic carbocycles. The molecule has 1 rings (SSSR count). The van der Waals surface area contributed by atoms with Gasteiger partial charge in [-0.1, -0.05) is 25.5 Å². The Hall–Kier alpha value is -1.55. The van der Waals surface area contributed by atoms with Crippen LogP contribution in [0.5, 0.6) is 5.75 Å². The number of benzene rings is 1. The second kappa shape index (κ2) is 8.59. The third-order valence-electron chi connectivity index (χ3n) is 3.18. The van der Waals surface area contributed by atoms with Crippen LogP contribution in [0.2, 0.25) is 0 Å². The first kappa shape index (κ1) is 16.5. The van der Waals surface area contributed by atoms with Gasteiger partial charge in [0.15, 0.2) is 6.61 Å². The predicted molar refractivity (Wildman–Crippen MR) is 80.0 cm³/mol. The van der Waals surface area contributed by atoms with E-state index in [2.05, 4.69) is 19.2 Å². The monoisotopic (exact) mass is 279 g/mol. The number of hydrogen-bond acceptors (Lipinski definition) is 4. The van der Waals surface area contributed by atoms with Crippen molar-refractivity contribution in [3.05, 3.63) is 29.3 Å². The lowest BCUT2D eigenvalue weighted by molar-refractivity contribution is -0.146. The molecule has 1 unspecified atom stereocenters. The molecule has 20 heavy (non-hydrogen) atoms. The van der Waals surface area contributed by atoms with Gasteiger partial charge in [0.25, 0.3) is 0 Å². The first-order chi connectivity index (χ1) is 9.58. The Balaban J connectivity index is 2.62. The number of ether oxygens (including phenoxy) is 2. The number of unbranched alkanes of at least 4 members (excludes halogenated alkanes) is 1. The van der Waals surface area contributed by atoms with Gasteiger partial charge >= 0.3 is 5.97 Å². The minimum atomic E-state index is -0.317. The summed E-state index contributed by atoms with van der Waals surface area (Å²) in [6, 6.07) is 6.17. The summed E-state index contributed by atoms with van der Waals surface area (Å²) in [4.78, 5) is 11.6. The highest BCUT2D eigenvalue weighted by atomic mass is 16.6. The van der Waals surface area contributed by atoms with E-state index < -0.39 is 0 Å². The van der Waals surface area contributed by atoms with Crippen LogP contribution in [0.25, 0.3) is 0 Å². The van der Waals surface area contributed by atoms with Gasteiger partial charge in [0.05, 0.1) is 6.61 Å². The van der Waals surface area contributed by atoms with Crippen molar-refractivity contribution < 1.29 is 14.3 Å². The van der Waals surface area contributed by atoms with E-state index >= 15 is 0 Å². The van der Waals surface area contributed by atoms with E-state index in [0.717, 1.165) is 29.7 Å². The largest absolute Gasteiger partial charge is 0.482 e. The Labute approximate surface area is 121 Å². The van der Waals surface area contributed by atoms with Gasteiger partial charge in [-0.15, -0.1) is 0 Å². The summed E-state index contributed by atoms with van der Waals surface area (Å²) >= 11 is 0.